The lowest BCUT2D eigenvalue weighted by Gasteiger charge is -2.33. The van der Waals surface area contributed by atoms with Crippen molar-refractivity contribution in [2.24, 2.45) is 5.92 Å². The van der Waals surface area contributed by atoms with Crippen molar-refractivity contribution in [2.75, 3.05) is 18.4 Å². The number of piperidine rings is 1. The normalized spacial score (nSPS) is 17.8. The fourth-order valence-corrected chi connectivity index (χ4v) is 2.61. The second-order valence-corrected chi connectivity index (χ2v) is 6.91. The second-order valence-electron chi connectivity index (χ2n) is 6.91. The number of nitrogens with zero attached hydrogens (tertiary/aromatic N) is 2. The molecule has 2 amide bonds. The highest BCUT2D eigenvalue weighted by molar-refractivity contribution is 5.94. The molecule has 0 radical (unpaired) electrons. The van der Waals surface area contributed by atoms with Gasteiger partial charge in [-0.25, -0.2) is 4.79 Å². The zero-order valence-electron chi connectivity index (χ0n) is 14.3. The first-order valence-electron chi connectivity index (χ1n) is 8.08. The number of nitriles is 1. The number of carbonyl (C=O) groups excluding carboxylic acids is 2. The summed E-state index contributed by atoms with van der Waals surface area (Å²) in [5, 5.41) is 11.9. The second kappa shape index (κ2) is 7.35. The molecule has 1 saturated heterocycles. The Kier molecular flexibility index (Phi) is 5.45. The average Bonchev–Trinajstić information content (AvgIpc) is 2.54. The van der Waals surface area contributed by atoms with Crippen LogP contribution in [0.3, 0.4) is 0 Å². The number of hydrogen-bond acceptors (Lipinski definition) is 4. The molecule has 128 valence electrons. The summed E-state index contributed by atoms with van der Waals surface area (Å²) in [6, 6.07) is 8.93. The molecule has 1 heterocycles. The van der Waals surface area contributed by atoms with E-state index < -0.39 is 11.7 Å². The molecule has 1 N–H and O–H groups in total. The standard InChI is InChI=1S/C18H23N3O3/c1-18(2,3)24-17(23)21-10-6-8-14(12-21)16(22)20-15-9-5-4-7-13(15)11-19/h4-5,7,9,14H,6,8,10,12H2,1-3H3,(H,20,22). The molecule has 1 atom stereocenters. The number of ether oxygens (including phenoxy) is 1. The number of para-hydroxylation sites is 1. The topological polar surface area (TPSA) is 82.4 Å². The van der Waals surface area contributed by atoms with Crippen molar-refractivity contribution in [3.8, 4) is 6.07 Å². The highest BCUT2D eigenvalue weighted by Crippen LogP contribution is 2.22. The van der Waals surface area contributed by atoms with Gasteiger partial charge in [0.15, 0.2) is 0 Å². The number of likely N-dealkylation sites (tertiary alicyclic amines) is 1. The number of rotatable bonds is 2. The van der Waals surface area contributed by atoms with Crippen LogP contribution < -0.4 is 5.32 Å². The Morgan fingerprint density at radius 2 is 2.04 bits per heavy atom. The van der Waals surface area contributed by atoms with Gasteiger partial charge in [-0.15, -0.1) is 0 Å². The molecule has 1 aromatic carbocycles. The van der Waals surface area contributed by atoms with Crippen LogP contribution in [0.15, 0.2) is 24.3 Å². The smallest absolute Gasteiger partial charge is 0.410 e. The highest BCUT2D eigenvalue weighted by atomic mass is 16.6. The SMILES string of the molecule is CC(C)(C)OC(=O)N1CCCC(C(=O)Nc2ccccc2C#N)C1. The molecule has 0 bridgehead atoms. The maximum absolute atomic E-state index is 12.5. The van der Waals surface area contributed by atoms with E-state index in [1.54, 1.807) is 29.2 Å². The van der Waals surface area contributed by atoms with Crippen molar-refractivity contribution in [3.05, 3.63) is 29.8 Å². The maximum atomic E-state index is 12.5. The molecular weight excluding hydrogens is 306 g/mol. The van der Waals surface area contributed by atoms with Crippen LogP contribution in [-0.2, 0) is 9.53 Å². The monoisotopic (exact) mass is 329 g/mol. The lowest BCUT2D eigenvalue weighted by Crippen LogP contribution is -2.45. The molecule has 1 unspecified atom stereocenters. The summed E-state index contributed by atoms with van der Waals surface area (Å²) in [5.74, 6) is -0.482. The largest absolute Gasteiger partial charge is 0.444 e. The molecule has 0 saturated carbocycles. The zero-order chi connectivity index (χ0) is 17.7. The third kappa shape index (κ3) is 4.72. The van der Waals surface area contributed by atoms with Crippen molar-refractivity contribution >= 4 is 17.7 Å². The summed E-state index contributed by atoms with van der Waals surface area (Å²) in [6.45, 7) is 6.37. The molecule has 0 aliphatic carbocycles. The molecule has 1 fully saturated rings. The lowest BCUT2D eigenvalue weighted by atomic mass is 9.97. The predicted octanol–water partition coefficient (Wildman–Crippen LogP) is 3.14. The molecule has 1 aliphatic rings. The average molecular weight is 329 g/mol. The highest BCUT2D eigenvalue weighted by Gasteiger charge is 2.31. The molecule has 6 heteroatoms. The Labute approximate surface area is 142 Å². The number of amides is 2. The molecule has 0 aromatic heterocycles. The minimum Gasteiger partial charge on any atom is -0.444 e. The van der Waals surface area contributed by atoms with Crippen LogP contribution in [0, 0.1) is 17.2 Å². The van der Waals surface area contributed by atoms with Crippen molar-refractivity contribution in [2.45, 2.75) is 39.2 Å². The minimum absolute atomic E-state index is 0.175. The molecule has 6 nitrogen and oxygen atoms in total. The van der Waals surface area contributed by atoms with Crippen LogP contribution in [0.25, 0.3) is 0 Å². The summed E-state index contributed by atoms with van der Waals surface area (Å²) in [6.07, 6.45) is 1.06. The Morgan fingerprint density at radius 3 is 2.71 bits per heavy atom. The van der Waals surface area contributed by atoms with Crippen molar-refractivity contribution in [1.29, 1.82) is 5.26 Å². The molecule has 2 rings (SSSR count). The van der Waals surface area contributed by atoms with E-state index in [1.807, 2.05) is 20.8 Å². The molecule has 24 heavy (non-hydrogen) atoms. The van der Waals surface area contributed by atoms with E-state index in [1.165, 1.54) is 0 Å². The summed E-state index contributed by atoms with van der Waals surface area (Å²) >= 11 is 0. The van der Waals surface area contributed by atoms with E-state index in [4.69, 9.17) is 10.00 Å². The fourth-order valence-electron chi connectivity index (χ4n) is 2.61. The summed E-state index contributed by atoms with van der Waals surface area (Å²) in [4.78, 5) is 26.2. The van der Waals surface area contributed by atoms with Crippen molar-refractivity contribution in [3.63, 3.8) is 0 Å². The van der Waals surface area contributed by atoms with E-state index >= 15 is 0 Å². The number of carbonyl (C=O) groups is 2. The van der Waals surface area contributed by atoms with Crippen LogP contribution in [-0.4, -0.2) is 35.6 Å². The van der Waals surface area contributed by atoms with Crippen LogP contribution >= 0.6 is 0 Å². The van der Waals surface area contributed by atoms with Crippen LogP contribution in [0.4, 0.5) is 10.5 Å². The first-order chi connectivity index (χ1) is 11.3. The van der Waals surface area contributed by atoms with Crippen LogP contribution in [0.2, 0.25) is 0 Å². The minimum atomic E-state index is -0.558. The predicted molar refractivity (Wildman–Crippen MR) is 90.3 cm³/mol. The lowest BCUT2D eigenvalue weighted by molar-refractivity contribution is -0.121. The molecule has 1 aromatic rings. The molecular formula is C18H23N3O3. The Hall–Kier alpha value is -2.55. The van der Waals surface area contributed by atoms with Gasteiger partial charge in [0, 0.05) is 13.1 Å². The van der Waals surface area contributed by atoms with Gasteiger partial charge in [0.05, 0.1) is 17.2 Å². The fraction of sp³-hybridized carbons (Fsp3) is 0.500. The third-order valence-electron chi connectivity index (χ3n) is 3.75. The van der Waals surface area contributed by atoms with Gasteiger partial charge in [-0.2, -0.15) is 5.26 Å². The Bertz CT molecular complexity index is 658. The summed E-state index contributed by atoms with van der Waals surface area (Å²) < 4.78 is 5.37. The number of benzene rings is 1. The molecule has 0 spiro atoms. The summed E-state index contributed by atoms with van der Waals surface area (Å²) in [5.41, 5.74) is 0.364. The zero-order valence-corrected chi connectivity index (χ0v) is 14.3. The first-order valence-corrected chi connectivity index (χ1v) is 8.08. The van der Waals surface area contributed by atoms with E-state index in [2.05, 4.69) is 11.4 Å². The van der Waals surface area contributed by atoms with Gasteiger partial charge in [-0.1, -0.05) is 12.1 Å². The Balaban J connectivity index is 2.00. The third-order valence-corrected chi connectivity index (χ3v) is 3.75. The van der Waals surface area contributed by atoms with Gasteiger partial charge in [0.1, 0.15) is 11.7 Å². The Morgan fingerprint density at radius 1 is 1.33 bits per heavy atom. The van der Waals surface area contributed by atoms with Crippen LogP contribution in [0.1, 0.15) is 39.2 Å². The van der Waals surface area contributed by atoms with Crippen LogP contribution in [0.5, 0.6) is 0 Å². The quantitative estimate of drug-likeness (QED) is 0.903. The van der Waals surface area contributed by atoms with E-state index in [0.29, 0.717) is 30.8 Å². The van der Waals surface area contributed by atoms with Crippen molar-refractivity contribution in [1.82, 2.24) is 4.90 Å². The van der Waals surface area contributed by atoms with E-state index in [0.717, 1.165) is 6.42 Å². The summed E-state index contributed by atoms with van der Waals surface area (Å²) in [7, 11) is 0. The van der Waals surface area contributed by atoms with Gasteiger partial charge in [0.25, 0.3) is 0 Å². The number of hydrogen-bond donors (Lipinski definition) is 1. The van der Waals surface area contributed by atoms with E-state index in [9.17, 15) is 9.59 Å². The van der Waals surface area contributed by atoms with Gasteiger partial charge >= 0.3 is 6.09 Å². The van der Waals surface area contributed by atoms with Gasteiger partial charge < -0.3 is 15.0 Å². The van der Waals surface area contributed by atoms with Gasteiger partial charge in [-0.3, -0.25) is 4.79 Å². The maximum Gasteiger partial charge on any atom is 0.410 e. The van der Waals surface area contributed by atoms with Crippen molar-refractivity contribution < 1.29 is 14.3 Å². The molecule has 1 aliphatic heterocycles. The van der Waals surface area contributed by atoms with Gasteiger partial charge in [-0.05, 0) is 45.7 Å². The first kappa shape index (κ1) is 17.8. The number of nitrogens with one attached hydrogen (secondary N) is 1. The van der Waals surface area contributed by atoms with Gasteiger partial charge in [0.2, 0.25) is 5.91 Å². The van der Waals surface area contributed by atoms with E-state index in [-0.39, 0.29) is 11.8 Å². The number of anilines is 1.